The average Bonchev–Trinajstić information content (AvgIpc) is 2.75. The highest BCUT2D eigenvalue weighted by atomic mass is 35.5. The Bertz CT molecular complexity index is 1170. The average molecular weight is 454 g/mol. The van der Waals surface area contributed by atoms with Gasteiger partial charge in [0.1, 0.15) is 17.1 Å². The summed E-state index contributed by atoms with van der Waals surface area (Å²) in [5.41, 5.74) is 7.97. The van der Waals surface area contributed by atoms with E-state index in [0.717, 1.165) is 0 Å². The van der Waals surface area contributed by atoms with Gasteiger partial charge in [0.15, 0.2) is 0 Å². The van der Waals surface area contributed by atoms with E-state index in [9.17, 15) is 5.11 Å². The number of nitrogens with zero attached hydrogens (tertiary/aromatic N) is 5. The van der Waals surface area contributed by atoms with E-state index in [1.54, 1.807) is 38.1 Å². The third-order valence-corrected chi connectivity index (χ3v) is 4.79. The van der Waals surface area contributed by atoms with Gasteiger partial charge in [-0.3, -0.25) is 9.98 Å². The van der Waals surface area contributed by atoms with Crippen molar-refractivity contribution in [2.24, 2.45) is 15.9 Å². The predicted octanol–water partition coefficient (Wildman–Crippen LogP) is 2.94. The molecule has 0 saturated heterocycles. The first-order chi connectivity index (χ1) is 15.2. The lowest BCUT2D eigenvalue weighted by molar-refractivity contribution is 0.0736. The fourth-order valence-electron chi connectivity index (χ4n) is 2.95. The van der Waals surface area contributed by atoms with Gasteiger partial charge in [-0.05, 0) is 44.2 Å². The van der Waals surface area contributed by atoms with Crippen LogP contribution in [0, 0.1) is 0 Å². The first-order valence-corrected chi connectivity index (χ1v) is 10.0. The first kappa shape index (κ1) is 23.1. The fraction of sp³-hybridized carbons (Fsp3) is 0.227. The molecule has 0 aliphatic rings. The lowest BCUT2D eigenvalue weighted by Gasteiger charge is -2.16. The number of benzene rings is 1. The molecule has 0 radical (unpaired) electrons. The van der Waals surface area contributed by atoms with Crippen LogP contribution in [0.4, 0.5) is 5.95 Å². The van der Waals surface area contributed by atoms with Crippen LogP contribution in [0.3, 0.4) is 0 Å². The van der Waals surface area contributed by atoms with Crippen LogP contribution >= 0.6 is 11.6 Å². The molecule has 0 aliphatic heterocycles. The maximum atomic E-state index is 10.1. The van der Waals surface area contributed by atoms with E-state index >= 15 is 0 Å². The summed E-state index contributed by atoms with van der Waals surface area (Å²) in [5.74, 6) is 6.09. The van der Waals surface area contributed by atoms with Crippen molar-refractivity contribution >= 4 is 29.5 Å². The van der Waals surface area contributed by atoms with Gasteiger partial charge in [-0.25, -0.2) is 9.97 Å². The van der Waals surface area contributed by atoms with Crippen LogP contribution < -0.4 is 16.3 Å². The quantitative estimate of drug-likeness (QED) is 0.283. The highest BCUT2D eigenvalue weighted by molar-refractivity contribution is 6.37. The van der Waals surface area contributed by atoms with E-state index in [0.29, 0.717) is 44.8 Å². The molecule has 1 aromatic carbocycles. The van der Waals surface area contributed by atoms with Gasteiger partial charge in [0.25, 0.3) is 0 Å². The zero-order chi connectivity index (χ0) is 23.3. The maximum Gasteiger partial charge on any atom is 0.221 e. The minimum Gasteiger partial charge on any atom is -0.494 e. The standard InChI is InChI=1S/C22H24ClN7O2/c1-22(2,31)19-9-4-6-13(27-19)11-26-12-18(30-25)17-10-16(28-21(24)29-17)14-7-5-8-15(23)20(14)32-3/h4-10,12,31H,11,25H2,1-3H3,(H2,24,28,29). The predicted molar refractivity (Wildman–Crippen MR) is 126 cm³/mol. The van der Waals surface area contributed by atoms with Gasteiger partial charge in [0.05, 0.1) is 47.7 Å². The van der Waals surface area contributed by atoms with Crippen molar-refractivity contribution in [2.75, 3.05) is 12.8 Å². The highest BCUT2D eigenvalue weighted by Gasteiger charge is 2.18. The van der Waals surface area contributed by atoms with Crippen LogP contribution in [0.2, 0.25) is 5.02 Å². The number of anilines is 1. The van der Waals surface area contributed by atoms with Gasteiger partial charge < -0.3 is 21.4 Å². The molecule has 3 rings (SSSR count). The van der Waals surface area contributed by atoms with Gasteiger partial charge in [-0.15, -0.1) is 0 Å². The number of para-hydroxylation sites is 1. The van der Waals surface area contributed by atoms with Crippen molar-refractivity contribution in [2.45, 2.75) is 26.0 Å². The third-order valence-electron chi connectivity index (χ3n) is 4.49. The van der Waals surface area contributed by atoms with Crippen molar-refractivity contribution < 1.29 is 9.84 Å². The highest BCUT2D eigenvalue weighted by Crippen LogP contribution is 2.35. The van der Waals surface area contributed by atoms with E-state index in [1.165, 1.54) is 13.3 Å². The molecule has 0 fully saturated rings. The van der Waals surface area contributed by atoms with Gasteiger partial charge >= 0.3 is 0 Å². The molecule has 0 atom stereocenters. The van der Waals surface area contributed by atoms with Crippen molar-refractivity contribution in [3.8, 4) is 17.0 Å². The van der Waals surface area contributed by atoms with Crippen LogP contribution in [0.1, 0.15) is 30.9 Å². The molecule has 0 amide bonds. The topological polar surface area (TPSA) is 145 Å². The lowest BCUT2D eigenvalue weighted by Crippen LogP contribution is -2.18. The zero-order valence-electron chi connectivity index (χ0n) is 18.0. The number of pyridine rings is 1. The van der Waals surface area contributed by atoms with Crippen LogP contribution in [-0.2, 0) is 12.1 Å². The Balaban J connectivity index is 1.88. The second-order valence-corrected chi connectivity index (χ2v) is 7.78. The molecule has 0 aliphatic carbocycles. The summed E-state index contributed by atoms with van der Waals surface area (Å²) >= 11 is 6.23. The number of aliphatic imine (C=N–C) groups is 1. The zero-order valence-corrected chi connectivity index (χ0v) is 18.7. The molecule has 166 valence electrons. The Hall–Kier alpha value is -3.56. The number of hydrogen-bond donors (Lipinski definition) is 3. The lowest BCUT2D eigenvalue weighted by atomic mass is 10.0. The smallest absolute Gasteiger partial charge is 0.221 e. The molecule has 9 nitrogen and oxygen atoms in total. The number of hydrazone groups is 1. The summed E-state index contributed by atoms with van der Waals surface area (Å²) in [5, 5.41) is 14.4. The van der Waals surface area contributed by atoms with Crippen LogP contribution in [0.25, 0.3) is 11.3 Å². The van der Waals surface area contributed by atoms with E-state index in [2.05, 4.69) is 25.0 Å². The summed E-state index contributed by atoms with van der Waals surface area (Å²) < 4.78 is 5.41. The van der Waals surface area contributed by atoms with Crippen molar-refractivity contribution in [1.82, 2.24) is 15.0 Å². The number of nitrogen functional groups attached to an aromatic ring is 1. The Labute approximate surface area is 190 Å². The molecule has 5 N–H and O–H groups in total. The number of methoxy groups -OCH3 is 1. The monoisotopic (exact) mass is 453 g/mol. The molecule has 0 unspecified atom stereocenters. The second kappa shape index (κ2) is 9.71. The molecular formula is C22H24ClN7O2. The molecule has 0 saturated carbocycles. The van der Waals surface area contributed by atoms with Crippen molar-refractivity contribution in [3.05, 3.63) is 64.6 Å². The summed E-state index contributed by atoms with van der Waals surface area (Å²) in [6.07, 6.45) is 1.49. The molecule has 0 bridgehead atoms. The number of rotatable bonds is 7. The molecule has 0 spiro atoms. The number of halogens is 1. The number of nitrogens with two attached hydrogens (primary N) is 2. The Morgan fingerprint density at radius 1 is 1.19 bits per heavy atom. The van der Waals surface area contributed by atoms with Gasteiger partial charge in [-0.2, -0.15) is 5.10 Å². The Kier molecular flexibility index (Phi) is 7.01. The van der Waals surface area contributed by atoms with E-state index in [4.69, 9.17) is 27.9 Å². The van der Waals surface area contributed by atoms with Crippen LogP contribution in [0.5, 0.6) is 5.75 Å². The summed E-state index contributed by atoms with van der Waals surface area (Å²) in [7, 11) is 1.52. The summed E-state index contributed by atoms with van der Waals surface area (Å²) in [6, 6.07) is 12.4. The van der Waals surface area contributed by atoms with Crippen molar-refractivity contribution in [3.63, 3.8) is 0 Å². The SMILES string of the molecule is COc1c(Cl)cccc1-c1cc(C(C=NCc2cccc(C(C)(C)O)n2)=NN)nc(N)n1. The molecular weight excluding hydrogens is 430 g/mol. The Morgan fingerprint density at radius 3 is 2.62 bits per heavy atom. The number of aromatic nitrogens is 3. The fourth-order valence-corrected chi connectivity index (χ4v) is 3.20. The largest absolute Gasteiger partial charge is 0.494 e. The van der Waals surface area contributed by atoms with E-state index < -0.39 is 5.60 Å². The van der Waals surface area contributed by atoms with E-state index in [1.807, 2.05) is 18.2 Å². The van der Waals surface area contributed by atoms with Gasteiger partial charge in [0, 0.05) is 5.56 Å². The number of aliphatic hydroxyl groups is 1. The number of ether oxygens (including phenoxy) is 1. The molecule has 32 heavy (non-hydrogen) atoms. The first-order valence-electron chi connectivity index (χ1n) is 9.67. The van der Waals surface area contributed by atoms with E-state index in [-0.39, 0.29) is 12.5 Å². The van der Waals surface area contributed by atoms with Crippen LogP contribution in [-0.4, -0.2) is 39.1 Å². The molecule has 2 heterocycles. The minimum atomic E-state index is -1.04. The Morgan fingerprint density at radius 2 is 1.94 bits per heavy atom. The van der Waals surface area contributed by atoms with Crippen LogP contribution in [0.15, 0.2) is 52.6 Å². The molecule has 3 aromatic rings. The molecule has 10 heteroatoms. The second-order valence-electron chi connectivity index (χ2n) is 7.37. The summed E-state index contributed by atoms with van der Waals surface area (Å²) in [6.45, 7) is 3.61. The number of hydrogen-bond acceptors (Lipinski definition) is 9. The molecule has 2 aromatic heterocycles. The third kappa shape index (κ3) is 5.37. The van der Waals surface area contributed by atoms with Crippen molar-refractivity contribution in [1.29, 1.82) is 0 Å². The minimum absolute atomic E-state index is 0.0358. The van der Waals surface area contributed by atoms with Gasteiger partial charge in [0.2, 0.25) is 5.95 Å². The van der Waals surface area contributed by atoms with Gasteiger partial charge in [-0.1, -0.05) is 23.7 Å². The maximum absolute atomic E-state index is 10.1. The normalized spacial score (nSPS) is 12.3. The summed E-state index contributed by atoms with van der Waals surface area (Å²) in [4.78, 5) is 17.3.